The Morgan fingerprint density at radius 1 is 1.67 bits per heavy atom. The molecule has 1 amide bonds. The monoisotopic (exact) mass is 170 g/mol. The number of rotatable bonds is 3. The fourth-order valence-corrected chi connectivity index (χ4v) is 1.56. The Balaban J connectivity index is 2.34. The molecule has 0 aliphatic carbocycles. The Labute approximate surface area is 74.1 Å². The molecular weight excluding hydrogens is 152 g/mol. The number of nitrogens with zero attached hydrogens (tertiary/aromatic N) is 1. The van der Waals surface area contributed by atoms with E-state index >= 15 is 0 Å². The van der Waals surface area contributed by atoms with Crippen LogP contribution in [0.2, 0.25) is 0 Å². The highest BCUT2D eigenvalue weighted by molar-refractivity contribution is 5.76. The second kappa shape index (κ2) is 4.45. The van der Waals surface area contributed by atoms with Gasteiger partial charge in [-0.25, -0.2) is 0 Å². The summed E-state index contributed by atoms with van der Waals surface area (Å²) in [6, 6.07) is 0.434. The van der Waals surface area contributed by atoms with Crippen molar-refractivity contribution in [3.8, 4) is 0 Å². The Morgan fingerprint density at radius 3 is 2.92 bits per heavy atom. The maximum Gasteiger partial charge on any atom is 0.222 e. The van der Waals surface area contributed by atoms with E-state index in [0.29, 0.717) is 12.5 Å². The molecular formula is C9H18N2O. The van der Waals surface area contributed by atoms with Crippen LogP contribution in [0.4, 0.5) is 0 Å². The van der Waals surface area contributed by atoms with E-state index < -0.39 is 0 Å². The number of hydrogen-bond donors (Lipinski definition) is 1. The predicted molar refractivity (Wildman–Crippen MR) is 49.0 cm³/mol. The summed E-state index contributed by atoms with van der Waals surface area (Å²) in [7, 11) is 1.91. The fraction of sp³-hybridized carbons (Fsp3) is 0.889. The minimum Gasteiger partial charge on any atom is -0.341 e. The SMILES string of the molecule is CCCC(=O)N(C)C1CCNC1. The first-order chi connectivity index (χ1) is 5.75. The molecule has 1 aliphatic heterocycles. The number of hydrogen-bond acceptors (Lipinski definition) is 2. The van der Waals surface area contributed by atoms with Crippen LogP contribution in [0, 0.1) is 0 Å². The second-order valence-corrected chi connectivity index (χ2v) is 3.40. The largest absolute Gasteiger partial charge is 0.341 e. The molecule has 1 fully saturated rings. The summed E-state index contributed by atoms with van der Waals surface area (Å²) in [5, 5.41) is 3.26. The van der Waals surface area contributed by atoms with Gasteiger partial charge < -0.3 is 10.2 Å². The van der Waals surface area contributed by atoms with Crippen LogP contribution >= 0.6 is 0 Å². The lowest BCUT2D eigenvalue weighted by Gasteiger charge is -2.23. The molecule has 3 nitrogen and oxygen atoms in total. The molecule has 1 unspecified atom stereocenters. The van der Waals surface area contributed by atoms with E-state index in [1.807, 2.05) is 18.9 Å². The maximum atomic E-state index is 11.4. The van der Waals surface area contributed by atoms with Crippen LogP contribution in [0.5, 0.6) is 0 Å². The first kappa shape index (κ1) is 9.52. The zero-order valence-corrected chi connectivity index (χ0v) is 7.97. The van der Waals surface area contributed by atoms with Gasteiger partial charge in [-0.05, 0) is 19.4 Å². The highest BCUT2D eigenvalue weighted by Crippen LogP contribution is 2.07. The Bertz CT molecular complexity index is 153. The highest BCUT2D eigenvalue weighted by atomic mass is 16.2. The maximum absolute atomic E-state index is 11.4. The van der Waals surface area contributed by atoms with Gasteiger partial charge in [-0.2, -0.15) is 0 Å². The normalized spacial score (nSPS) is 22.7. The van der Waals surface area contributed by atoms with Crippen LogP contribution in [-0.2, 0) is 4.79 Å². The average Bonchev–Trinajstić information content (AvgIpc) is 2.55. The summed E-state index contributed by atoms with van der Waals surface area (Å²) in [6.07, 6.45) is 2.74. The zero-order chi connectivity index (χ0) is 8.97. The van der Waals surface area contributed by atoms with Gasteiger partial charge in [0.1, 0.15) is 0 Å². The van der Waals surface area contributed by atoms with E-state index in [2.05, 4.69) is 5.32 Å². The van der Waals surface area contributed by atoms with Crippen molar-refractivity contribution in [2.75, 3.05) is 20.1 Å². The highest BCUT2D eigenvalue weighted by Gasteiger charge is 2.21. The lowest BCUT2D eigenvalue weighted by molar-refractivity contribution is -0.131. The van der Waals surface area contributed by atoms with E-state index in [9.17, 15) is 4.79 Å². The molecule has 0 aromatic carbocycles. The first-order valence-electron chi connectivity index (χ1n) is 4.72. The molecule has 0 bridgehead atoms. The molecule has 70 valence electrons. The number of carbonyl (C=O) groups is 1. The van der Waals surface area contributed by atoms with Crippen molar-refractivity contribution in [1.29, 1.82) is 0 Å². The summed E-state index contributed by atoms with van der Waals surface area (Å²) in [5.74, 6) is 0.284. The third kappa shape index (κ3) is 2.21. The molecule has 0 spiro atoms. The zero-order valence-electron chi connectivity index (χ0n) is 7.97. The summed E-state index contributed by atoms with van der Waals surface area (Å²) in [4.78, 5) is 13.3. The van der Waals surface area contributed by atoms with Crippen molar-refractivity contribution in [2.24, 2.45) is 0 Å². The van der Waals surface area contributed by atoms with Gasteiger partial charge in [-0.15, -0.1) is 0 Å². The molecule has 0 aromatic rings. The van der Waals surface area contributed by atoms with Gasteiger partial charge in [0.15, 0.2) is 0 Å². The standard InChI is InChI=1S/C9H18N2O/c1-3-4-9(12)11(2)8-5-6-10-7-8/h8,10H,3-7H2,1-2H3. The van der Waals surface area contributed by atoms with Crippen LogP contribution < -0.4 is 5.32 Å². The van der Waals surface area contributed by atoms with Crippen LogP contribution in [0.1, 0.15) is 26.2 Å². The van der Waals surface area contributed by atoms with Crippen LogP contribution in [0.15, 0.2) is 0 Å². The number of likely N-dealkylation sites (N-methyl/N-ethyl adjacent to an activating group) is 1. The number of nitrogens with one attached hydrogen (secondary N) is 1. The second-order valence-electron chi connectivity index (χ2n) is 3.40. The lowest BCUT2D eigenvalue weighted by atomic mass is 10.2. The van der Waals surface area contributed by atoms with Crippen molar-refractivity contribution in [3.05, 3.63) is 0 Å². The Hall–Kier alpha value is -0.570. The van der Waals surface area contributed by atoms with Gasteiger partial charge in [-0.1, -0.05) is 6.92 Å². The summed E-state index contributed by atoms with van der Waals surface area (Å²) < 4.78 is 0. The number of amides is 1. The van der Waals surface area contributed by atoms with Crippen molar-refractivity contribution >= 4 is 5.91 Å². The van der Waals surface area contributed by atoms with Crippen molar-refractivity contribution in [2.45, 2.75) is 32.2 Å². The summed E-state index contributed by atoms with van der Waals surface area (Å²) >= 11 is 0. The smallest absolute Gasteiger partial charge is 0.222 e. The van der Waals surface area contributed by atoms with E-state index in [4.69, 9.17) is 0 Å². The third-order valence-electron chi connectivity index (χ3n) is 2.44. The molecule has 3 heteroatoms. The van der Waals surface area contributed by atoms with Crippen LogP contribution in [0.3, 0.4) is 0 Å². The first-order valence-corrected chi connectivity index (χ1v) is 4.72. The van der Waals surface area contributed by atoms with Crippen molar-refractivity contribution < 1.29 is 4.79 Å². The Morgan fingerprint density at radius 2 is 2.42 bits per heavy atom. The molecule has 1 aliphatic rings. The summed E-state index contributed by atoms with van der Waals surface area (Å²) in [6.45, 7) is 4.05. The molecule has 0 saturated carbocycles. The Kier molecular flexibility index (Phi) is 3.53. The molecule has 1 rings (SSSR count). The van der Waals surface area contributed by atoms with Crippen LogP contribution in [-0.4, -0.2) is 37.0 Å². The fourth-order valence-electron chi connectivity index (χ4n) is 1.56. The van der Waals surface area contributed by atoms with Gasteiger partial charge in [0.2, 0.25) is 5.91 Å². The average molecular weight is 170 g/mol. The van der Waals surface area contributed by atoms with Crippen molar-refractivity contribution in [1.82, 2.24) is 10.2 Å². The minimum atomic E-state index is 0.284. The molecule has 12 heavy (non-hydrogen) atoms. The van der Waals surface area contributed by atoms with E-state index in [1.54, 1.807) is 0 Å². The van der Waals surface area contributed by atoms with E-state index in [-0.39, 0.29) is 5.91 Å². The summed E-state index contributed by atoms with van der Waals surface area (Å²) in [5.41, 5.74) is 0. The van der Waals surface area contributed by atoms with Gasteiger partial charge in [0.05, 0.1) is 0 Å². The minimum absolute atomic E-state index is 0.284. The van der Waals surface area contributed by atoms with E-state index in [0.717, 1.165) is 25.9 Å². The molecule has 1 heterocycles. The van der Waals surface area contributed by atoms with Gasteiger partial charge in [-0.3, -0.25) is 4.79 Å². The van der Waals surface area contributed by atoms with Crippen molar-refractivity contribution in [3.63, 3.8) is 0 Å². The third-order valence-corrected chi connectivity index (χ3v) is 2.44. The van der Waals surface area contributed by atoms with E-state index in [1.165, 1.54) is 0 Å². The van der Waals surface area contributed by atoms with Gasteiger partial charge >= 0.3 is 0 Å². The molecule has 0 radical (unpaired) electrons. The van der Waals surface area contributed by atoms with Gasteiger partial charge in [0, 0.05) is 26.1 Å². The molecule has 0 aromatic heterocycles. The topological polar surface area (TPSA) is 32.3 Å². The van der Waals surface area contributed by atoms with Crippen LogP contribution in [0.25, 0.3) is 0 Å². The predicted octanol–water partition coefficient (Wildman–Crippen LogP) is 0.607. The lowest BCUT2D eigenvalue weighted by Crippen LogP contribution is -2.38. The molecule has 1 saturated heterocycles. The molecule has 1 N–H and O–H groups in total. The van der Waals surface area contributed by atoms with Gasteiger partial charge in [0.25, 0.3) is 0 Å². The quantitative estimate of drug-likeness (QED) is 0.673. The number of carbonyl (C=O) groups excluding carboxylic acids is 1. The molecule has 1 atom stereocenters.